The van der Waals surface area contributed by atoms with Crippen LogP contribution in [0.3, 0.4) is 0 Å². The monoisotopic (exact) mass is 428 g/mol. The SMILES string of the molecule is CCN(Cc1ccc(OC)c(OC)c1)C(=O)COC(=O)[C@H](C)NC(=O)c1ccccc1. The quantitative estimate of drug-likeness (QED) is 0.584. The Morgan fingerprint density at radius 3 is 2.29 bits per heavy atom. The number of rotatable bonds is 10. The molecular weight excluding hydrogens is 400 g/mol. The lowest BCUT2D eigenvalue weighted by Gasteiger charge is -2.22. The molecule has 0 bridgehead atoms. The number of ether oxygens (including phenoxy) is 3. The summed E-state index contributed by atoms with van der Waals surface area (Å²) in [6.07, 6.45) is 0. The van der Waals surface area contributed by atoms with Gasteiger partial charge in [-0.05, 0) is 43.7 Å². The van der Waals surface area contributed by atoms with Gasteiger partial charge in [0.05, 0.1) is 14.2 Å². The zero-order valence-corrected chi connectivity index (χ0v) is 18.2. The lowest BCUT2D eigenvalue weighted by molar-refractivity contribution is -0.153. The molecule has 166 valence electrons. The molecule has 0 aliphatic carbocycles. The summed E-state index contributed by atoms with van der Waals surface area (Å²) in [5.41, 5.74) is 1.29. The van der Waals surface area contributed by atoms with Crippen molar-refractivity contribution < 1.29 is 28.6 Å². The van der Waals surface area contributed by atoms with Gasteiger partial charge >= 0.3 is 5.97 Å². The summed E-state index contributed by atoms with van der Waals surface area (Å²) in [6, 6.07) is 13.1. The maximum atomic E-state index is 12.5. The minimum absolute atomic E-state index is 0.327. The zero-order chi connectivity index (χ0) is 22.8. The Kier molecular flexibility index (Phi) is 8.87. The summed E-state index contributed by atoms with van der Waals surface area (Å²) in [6.45, 7) is 3.70. The minimum atomic E-state index is -0.888. The number of carbonyl (C=O) groups is 3. The number of amides is 2. The highest BCUT2D eigenvalue weighted by Gasteiger charge is 2.21. The highest BCUT2D eigenvalue weighted by atomic mass is 16.5. The van der Waals surface area contributed by atoms with Gasteiger partial charge in [0, 0.05) is 18.7 Å². The molecule has 2 aromatic rings. The molecule has 31 heavy (non-hydrogen) atoms. The maximum Gasteiger partial charge on any atom is 0.328 e. The third kappa shape index (κ3) is 6.74. The van der Waals surface area contributed by atoms with E-state index in [4.69, 9.17) is 14.2 Å². The Morgan fingerprint density at radius 1 is 1.00 bits per heavy atom. The molecule has 0 heterocycles. The van der Waals surface area contributed by atoms with Crippen molar-refractivity contribution in [3.63, 3.8) is 0 Å². The van der Waals surface area contributed by atoms with E-state index in [9.17, 15) is 14.4 Å². The molecule has 2 aromatic carbocycles. The Balaban J connectivity index is 1.89. The predicted molar refractivity (Wildman–Crippen MR) is 115 cm³/mol. The summed E-state index contributed by atoms with van der Waals surface area (Å²) in [4.78, 5) is 38.4. The lowest BCUT2D eigenvalue weighted by atomic mass is 10.2. The number of nitrogens with zero attached hydrogens (tertiary/aromatic N) is 1. The van der Waals surface area contributed by atoms with Gasteiger partial charge < -0.3 is 24.4 Å². The van der Waals surface area contributed by atoms with E-state index in [-0.39, 0.29) is 11.8 Å². The second-order valence-corrected chi connectivity index (χ2v) is 6.77. The average Bonchev–Trinajstić information content (AvgIpc) is 2.80. The first kappa shape index (κ1) is 23.7. The second kappa shape index (κ2) is 11.6. The molecule has 0 radical (unpaired) electrons. The molecule has 0 saturated heterocycles. The number of esters is 1. The molecule has 1 atom stereocenters. The highest BCUT2D eigenvalue weighted by Crippen LogP contribution is 2.28. The van der Waals surface area contributed by atoms with Crippen molar-refractivity contribution in [3.8, 4) is 11.5 Å². The fourth-order valence-corrected chi connectivity index (χ4v) is 2.85. The van der Waals surface area contributed by atoms with Crippen molar-refractivity contribution in [2.75, 3.05) is 27.4 Å². The van der Waals surface area contributed by atoms with Crippen LogP contribution in [0.1, 0.15) is 29.8 Å². The maximum absolute atomic E-state index is 12.5. The van der Waals surface area contributed by atoms with Crippen LogP contribution >= 0.6 is 0 Å². The number of nitrogens with one attached hydrogen (secondary N) is 1. The first-order valence-corrected chi connectivity index (χ1v) is 9.90. The highest BCUT2D eigenvalue weighted by molar-refractivity contribution is 5.96. The smallest absolute Gasteiger partial charge is 0.328 e. The standard InChI is InChI=1S/C23H28N2O6/c1-5-25(14-17-11-12-19(29-3)20(13-17)30-4)21(26)15-31-23(28)16(2)24-22(27)18-9-7-6-8-10-18/h6-13,16H,5,14-15H2,1-4H3,(H,24,27)/t16-/m0/s1. The molecule has 0 aliphatic rings. The first-order valence-electron chi connectivity index (χ1n) is 9.90. The van der Waals surface area contributed by atoms with Crippen molar-refractivity contribution in [1.82, 2.24) is 10.2 Å². The van der Waals surface area contributed by atoms with Gasteiger partial charge in [-0.25, -0.2) is 4.79 Å². The van der Waals surface area contributed by atoms with Gasteiger partial charge in [0.1, 0.15) is 6.04 Å². The Labute approximate surface area is 182 Å². The summed E-state index contributed by atoms with van der Waals surface area (Å²) >= 11 is 0. The zero-order valence-electron chi connectivity index (χ0n) is 18.2. The predicted octanol–water partition coefficient (Wildman–Crippen LogP) is 2.41. The van der Waals surface area contributed by atoms with Crippen molar-refractivity contribution in [2.24, 2.45) is 0 Å². The van der Waals surface area contributed by atoms with E-state index in [1.165, 1.54) is 6.92 Å². The summed E-state index contributed by atoms with van der Waals surface area (Å²) in [5, 5.41) is 2.56. The molecule has 2 rings (SSSR count). The van der Waals surface area contributed by atoms with Gasteiger partial charge in [0.15, 0.2) is 18.1 Å². The average molecular weight is 428 g/mol. The van der Waals surface area contributed by atoms with Crippen LogP contribution in [0.2, 0.25) is 0 Å². The minimum Gasteiger partial charge on any atom is -0.493 e. The Morgan fingerprint density at radius 2 is 1.68 bits per heavy atom. The molecule has 0 spiro atoms. The van der Waals surface area contributed by atoms with Crippen molar-refractivity contribution in [3.05, 3.63) is 59.7 Å². The fraction of sp³-hybridized carbons (Fsp3) is 0.348. The molecule has 1 N–H and O–H groups in total. The topological polar surface area (TPSA) is 94.2 Å². The third-order valence-corrected chi connectivity index (χ3v) is 4.63. The van der Waals surface area contributed by atoms with Crippen molar-refractivity contribution in [2.45, 2.75) is 26.4 Å². The number of methoxy groups -OCH3 is 2. The van der Waals surface area contributed by atoms with Crippen molar-refractivity contribution >= 4 is 17.8 Å². The van der Waals surface area contributed by atoms with E-state index in [1.54, 1.807) is 61.6 Å². The van der Waals surface area contributed by atoms with Gasteiger partial charge in [-0.15, -0.1) is 0 Å². The molecular formula is C23H28N2O6. The molecule has 2 amide bonds. The van der Waals surface area contributed by atoms with Crippen LogP contribution in [0.5, 0.6) is 11.5 Å². The van der Waals surface area contributed by atoms with Gasteiger partial charge in [0.2, 0.25) is 0 Å². The Hall–Kier alpha value is -3.55. The first-order chi connectivity index (χ1) is 14.9. The van der Waals surface area contributed by atoms with E-state index in [2.05, 4.69) is 5.32 Å². The van der Waals surface area contributed by atoms with Gasteiger partial charge in [-0.3, -0.25) is 9.59 Å². The lowest BCUT2D eigenvalue weighted by Crippen LogP contribution is -2.41. The molecule has 0 fully saturated rings. The normalized spacial score (nSPS) is 11.2. The van der Waals surface area contributed by atoms with Gasteiger partial charge in [-0.1, -0.05) is 24.3 Å². The van der Waals surface area contributed by atoms with E-state index in [0.29, 0.717) is 30.2 Å². The van der Waals surface area contributed by atoms with Crippen LogP contribution in [0, 0.1) is 0 Å². The number of likely N-dealkylation sites (N-methyl/N-ethyl adjacent to an activating group) is 1. The van der Waals surface area contributed by atoms with E-state index < -0.39 is 18.6 Å². The summed E-state index contributed by atoms with van der Waals surface area (Å²) in [5.74, 6) is -0.244. The number of hydrogen-bond acceptors (Lipinski definition) is 6. The van der Waals surface area contributed by atoms with E-state index in [0.717, 1.165) is 5.56 Å². The van der Waals surface area contributed by atoms with Crippen molar-refractivity contribution in [1.29, 1.82) is 0 Å². The molecule has 8 heteroatoms. The molecule has 0 unspecified atom stereocenters. The molecule has 8 nitrogen and oxygen atoms in total. The van der Waals surface area contributed by atoms with Crippen LogP contribution in [0.25, 0.3) is 0 Å². The van der Waals surface area contributed by atoms with Crippen LogP contribution in [-0.2, 0) is 20.9 Å². The van der Waals surface area contributed by atoms with Gasteiger partial charge in [0.25, 0.3) is 11.8 Å². The van der Waals surface area contributed by atoms with Gasteiger partial charge in [-0.2, -0.15) is 0 Å². The summed E-state index contributed by atoms with van der Waals surface area (Å²) in [7, 11) is 3.10. The number of carbonyl (C=O) groups excluding carboxylic acids is 3. The van der Waals surface area contributed by atoms with Crippen LogP contribution < -0.4 is 14.8 Å². The molecule has 0 aromatic heterocycles. The van der Waals surface area contributed by atoms with E-state index >= 15 is 0 Å². The second-order valence-electron chi connectivity index (χ2n) is 6.77. The largest absolute Gasteiger partial charge is 0.493 e. The summed E-state index contributed by atoms with van der Waals surface area (Å²) < 4.78 is 15.6. The van der Waals surface area contributed by atoms with Crippen LogP contribution in [0.4, 0.5) is 0 Å². The number of hydrogen-bond donors (Lipinski definition) is 1. The number of benzene rings is 2. The third-order valence-electron chi connectivity index (χ3n) is 4.63. The molecule has 0 saturated carbocycles. The fourth-order valence-electron chi connectivity index (χ4n) is 2.85. The Bertz CT molecular complexity index is 900. The van der Waals surface area contributed by atoms with E-state index in [1.807, 2.05) is 13.0 Å². The van der Waals surface area contributed by atoms with Crippen LogP contribution in [-0.4, -0.2) is 56.1 Å². The molecule has 0 aliphatic heterocycles. The van der Waals surface area contributed by atoms with Crippen LogP contribution in [0.15, 0.2) is 48.5 Å².